The first-order valence-corrected chi connectivity index (χ1v) is 7.08. The number of fused-ring (bicyclic) bond motifs is 2. The third-order valence-corrected chi connectivity index (χ3v) is 3.67. The zero-order chi connectivity index (χ0) is 16.7. The van der Waals surface area contributed by atoms with Crippen molar-refractivity contribution in [3.63, 3.8) is 0 Å². The van der Waals surface area contributed by atoms with Crippen molar-refractivity contribution in [3.8, 4) is 11.6 Å². The van der Waals surface area contributed by atoms with Crippen LogP contribution >= 0.6 is 0 Å². The van der Waals surface area contributed by atoms with E-state index in [1.54, 1.807) is 36.5 Å². The van der Waals surface area contributed by atoms with E-state index in [0.29, 0.717) is 21.8 Å². The number of rotatable bonds is 2. The lowest BCUT2D eigenvalue weighted by Crippen LogP contribution is -2.07. The van der Waals surface area contributed by atoms with Crippen molar-refractivity contribution < 1.29 is 17.9 Å². The molecule has 0 saturated carbocycles. The molecule has 0 aliphatic rings. The predicted octanol–water partition coefficient (Wildman–Crippen LogP) is 4.92. The molecular weight excluding hydrogens is 319 g/mol. The lowest BCUT2D eigenvalue weighted by molar-refractivity contribution is -0.138. The molecule has 0 atom stereocenters. The van der Waals surface area contributed by atoms with Crippen molar-refractivity contribution in [2.45, 2.75) is 6.18 Å². The zero-order valence-corrected chi connectivity index (χ0v) is 12.1. The molecule has 0 aliphatic heterocycles. The van der Waals surface area contributed by atoms with Gasteiger partial charge < -0.3 is 9.72 Å². The molecule has 0 spiro atoms. The lowest BCUT2D eigenvalue weighted by Gasteiger charge is -2.14. The highest BCUT2D eigenvalue weighted by Gasteiger charge is 2.35. The molecule has 0 fully saturated rings. The summed E-state index contributed by atoms with van der Waals surface area (Å²) in [5.74, 6) is -0.209. The third-order valence-electron chi connectivity index (χ3n) is 3.67. The monoisotopic (exact) mass is 329 g/mol. The fourth-order valence-electron chi connectivity index (χ4n) is 2.55. The molecule has 7 heteroatoms. The van der Waals surface area contributed by atoms with E-state index in [4.69, 9.17) is 4.74 Å². The highest BCUT2D eigenvalue weighted by Crippen LogP contribution is 2.40. The zero-order valence-electron chi connectivity index (χ0n) is 12.1. The molecule has 0 aliphatic carbocycles. The van der Waals surface area contributed by atoms with Crippen LogP contribution < -0.4 is 4.74 Å². The van der Waals surface area contributed by atoms with E-state index in [2.05, 4.69) is 15.0 Å². The standard InChI is InChI=1S/C17H10F3N3O/c18-17(19,20)12-8-14-10(5-6-21-14)7-15(12)24-16-11-3-1-2-4-13(11)22-9-23-16/h1-9,21H. The Balaban J connectivity index is 1.89. The molecular formula is C17H10F3N3O. The first-order valence-electron chi connectivity index (χ1n) is 7.08. The molecule has 0 radical (unpaired) electrons. The summed E-state index contributed by atoms with van der Waals surface area (Å²) in [6.07, 6.45) is -1.70. The summed E-state index contributed by atoms with van der Waals surface area (Å²) in [6, 6.07) is 11.0. The second kappa shape index (κ2) is 5.23. The maximum atomic E-state index is 13.4. The smallest absolute Gasteiger partial charge is 0.420 e. The van der Waals surface area contributed by atoms with Gasteiger partial charge in [0, 0.05) is 17.1 Å². The number of benzene rings is 2. The van der Waals surface area contributed by atoms with Crippen molar-refractivity contribution in [2.75, 3.05) is 0 Å². The van der Waals surface area contributed by atoms with Crippen LogP contribution in [0.2, 0.25) is 0 Å². The summed E-state index contributed by atoms with van der Waals surface area (Å²) >= 11 is 0. The van der Waals surface area contributed by atoms with Crippen molar-refractivity contribution in [1.82, 2.24) is 15.0 Å². The molecule has 2 aromatic carbocycles. The second-order valence-corrected chi connectivity index (χ2v) is 5.21. The molecule has 4 nitrogen and oxygen atoms in total. The van der Waals surface area contributed by atoms with Crippen LogP contribution in [0.15, 0.2) is 55.0 Å². The fourth-order valence-corrected chi connectivity index (χ4v) is 2.55. The van der Waals surface area contributed by atoms with Crippen LogP contribution in [0.1, 0.15) is 5.56 Å². The van der Waals surface area contributed by atoms with Gasteiger partial charge in [-0.1, -0.05) is 12.1 Å². The first kappa shape index (κ1) is 14.5. The molecule has 4 rings (SSSR count). The Morgan fingerprint density at radius 1 is 1.00 bits per heavy atom. The number of hydrogen-bond donors (Lipinski definition) is 1. The number of aromatic amines is 1. The molecule has 0 unspecified atom stereocenters. The lowest BCUT2D eigenvalue weighted by atomic mass is 10.1. The van der Waals surface area contributed by atoms with Gasteiger partial charge in [0.05, 0.1) is 10.9 Å². The van der Waals surface area contributed by atoms with E-state index in [-0.39, 0.29) is 11.6 Å². The second-order valence-electron chi connectivity index (χ2n) is 5.21. The molecule has 4 aromatic rings. The van der Waals surface area contributed by atoms with Gasteiger partial charge in [0.1, 0.15) is 17.6 Å². The Morgan fingerprint density at radius 2 is 1.83 bits per heavy atom. The van der Waals surface area contributed by atoms with E-state index < -0.39 is 11.7 Å². The van der Waals surface area contributed by atoms with Gasteiger partial charge in [0.25, 0.3) is 0 Å². The van der Waals surface area contributed by atoms with Crippen molar-refractivity contribution in [2.24, 2.45) is 0 Å². The van der Waals surface area contributed by atoms with Gasteiger partial charge in [-0.15, -0.1) is 0 Å². The Bertz CT molecular complexity index is 1030. The maximum Gasteiger partial charge on any atom is 0.420 e. The highest BCUT2D eigenvalue weighted by atomic mass is 19.4. The summed E-state index contributed by atoms with van der Waals surface area (Å²) in [5, 5.41) is 1.17. The number of halogens is 3. The third kappa shape index (κ3) is 2.44. The molecule has 24 heavy (non-hydrogen) atoms. The highest BCUT2D eigenvalue weighted by molar-refractivity contribution is 5.85. The average molecular weight is 329 g/mol. The van der Waals surface area contributed by atoms with E-state index in [1.165, 1.54) is 12.4 Å². The predicted molar refractivity (Wildman–Crippen MR) is 82.9 cm³/mol. The summed E-state index contributed by atoms with van der Waals surface area (Å²) in [5.41, 5.74) is 0.126. The molecule has 2 aromatic heterocycles. The maximum absolute atomic E-state index is 13.4. The van der Waals surface area contributed by atoms with E-state index in [0.717, 1.165) is 6.07 Å². The molecule has 1 N–H and O–H groups in total. The Morgan fingerprint density at radius 3 is 2.67 bits per heavy atom. The topological polar surface area (TPSA) is 50.8 Å². The van der Waals surface area contributed by atoms with Crippen LogP contribution in [0.3, 0.4) is 0 Å². The molecule has 2 heterocycles. The SMILES string of the molecule is FC(F)(F)c1cc2[nH]ccc2cc1Oc1ncnc2ccccc12. The van der Waals surface area contributed by atoms with Gasteiger partial charge in [-0.3, -0.25) is 0 Å². The van der Waals surface area contributed by atoms with E-state index >= 15 is 0 Å². The summed E-state index contributed by atoms with van der Waals surface area (Å²) < 4.78 is 45.7. The van der Waals surface area contributed by atoms with Gasteiger partial charge in [0.2, 0.25) is 5.88 Å². The minimum atomic E-state index is -4.54. The van der Waals surface area contributed by atoms with Crippen molar-refractivity contribution >= 4 is 21.8 Å². The largest absolute Gasteiger partial charge is 0.438 e. The number of nitrogens with one attached hydrogen (secondary N) is 1. The van der Waals surface area contributed by atoms with Gasteiger partial charge in [-0.25, -0.2) is 9.97 Å². The van der Waals surface area contributed by atoms with Gasteiger partial charge in [-0.05, 0) is 30.3 Å². The van der Waals surface area contributed by atoms with Crippen molar-refractivity contribution in [1.29, 1.82) is 0 Å². The number of alkyl halides is 3. The molecule has 0 amide bonds. The van der Waals surface area contributed by atoms with Crippen LogP contribution in [0.4, 0.5) is 13.2 Å². The van der Waals surface area contributed by atoms with E-state index in [1.807, 2.05) is 0 Å². The van der Waals surface area contributed by atoms with Crippen LogP contribution in [0.25, 0.3) is 21.8 Å². The van der Waals surface area contributed by atoms with Crippen LogP contribution in [0, 0.1) is 0 Å². The molecule has 120 valence electrons. The van der Waals surface area contributed by atoms with Gasteiger partial charge >= 0.3 is 6.18 Å². The quantitative estimate of drug-likeness (QED) is 0.568. The minimum Gasteiger partial charge on any atom is -0.438 e. The number of hydrogen-bond acceptors (Lipinski definition) is 3. The number of ether oxygens (including phenoxy) is 1. The van der Waals surface area contributed by atoms with Crippen molar-refractivity contribution in [3.05, 3.63) is 60.6 Å². The van der Waals surface area contributed by atoms with Gasteiger partial charge in [0.15, 0.2) is 0 Å². The fraction of sp³-hybridized carbons (Fsp3) is 0.0588. The average Bonchev–Trinajstić information content (AvgIpc) is 3.01. The first-order chi connectivity index (χ1) is 11.5. The van der Waals surface area contributed by atoms with E-state index in [9.17, 15) is 13.2 Å². The summed E-state index contributed by atoms with van der Waals surface area (Å²) in [4.78, 5) is 10.8. The van der Waals surface area contributed by atoms with Crippen LogP contribution in [-0.2, 0) is 6.18 Å². The number of para-hydroxylation sites is 1. The Labute approximate surface area is 133 Å². The number of H-pyrrole nitrogens is 1. The number of nitrogens with zero attached hydrogens (tertiary/aromatic N) is 2. The number of aromatic nitrogens is 3. The van der Waals surface area contributed by atoms with Gasteiger partial charge in [-0.2, -0.15) is 13.2 Å². The van der Waals surface area contributed by atoms with Crippen LogP contribution in [0.5, 0.6) is 11.6 Å². The summed E-state index contributed by atoms with van der Waals surface area (Å²) in [6.45, 7) is 0. The Kier molecular flexibility index (Phi) is 3.16. The normalized spacial score (nSPS) is 12.0. The molecule has 0 bridgehead atoms. The molecule has 0 saturated heterocycles. The summed E-state index contributed by atoms with van der Waals surface area (Å²) in [7, 11) is 0. The Hall–Kier alpha value is -3.09. The van der Waals surface area contributed by atoms with Crippen LogP contribution in [-0.4, -0.2) is 15.0 Å². The minimum absolute atomic E-state index is 0.0842.